The summed E-state index contributed by atoms with van der Waals surface area (Å²) < 4.78 is 17.0. The van der Waals surface area contributed by atoms with Crippen molar-refractivity contribution in [1.29, 1.82) is 0 Å². The summed E-state index contributed by atoms with van der Waals surface area (Å²) in [5.41, 5.74) is 3.25. The zero-order chi connectivity index (χ0) is 30.0. The van der Waals surface area contributed by atoms with E-state index in [0.29, 0.717) is 43.7 Å². The lowest BCUT2D eigenvalue weighted by molar-refractivity contribution is -0.136. The van der Waals surface area contributed by atoms with Gasteiger partial charge in [0.05, 0.1) is 22.9 Å². The van der Waals surface area contributed by atoms with Crippen LogP contribution in [0.3, 0.4) is 0 Å². The van der Waals surface area contributed by atoms with E-state index < -0.39 is 0 Å². The zero-order valence-corrected chi connectivity index (χ0v) is 25.8. The number of likely N-dealkylation sites (tertiary alicyclic amines) is 1. The van der Waals surface area contributed by atoms with Crippen LogP contribution in [-0.2, 0) is 15.0 Å². The first-order chi connectivity index (χ1) is 21.4. The van der Waals surface area contributed by atoms with Gasteiger partial charge in [0.1, 0.15) is 11.6 Å². The maximum absolute atomic E-state index is 14.6. The second-order valence-corrected chi connectivity index (χ2v) is 14.4. The number of benzene rings is 2. The van der Waals surface area contributed by atoms with Crippen LogP contribution in [0.15, 0.2) is 48.5 Å². The van der Waals surface area contributed by atoms with Crippen LogP contribution >= 0.6 is 0 Å². The van der Waals surface area contributed by atoms with E-state index in [9.17, 15) is 14.0 Å². The molecule has 2 aliphatic carbocycles. The molecule has 2 amide bonds. The van der Waals surface area contributed by atoms with E-state index in [4.69, 9.17) is 4.98 Å². The number of carbonyl (C=O) groups is 2. The predicted octanol–water partition coefficient (Wildman–Crippen LogP) is 5.52. The molecule has 5 aliphatic rings. The molecule has 0 radical (unpaired) electrons. The van der Waals surface area contributed by atoms with E-state index in [1.165, 1.54) is 24.4 Å². The number of amides is 2. The van der Waals surface area contributed by atoms with Crippen LogP contribution in [0.1, 0.15) is 81.6 Å². The molecule has 3 saturated heterocycles. The molecule has 3 aromatic rings. The second kappa shape index (κ2) is 11.0. The van der Waals surface area contributed by atoms with Gasteiger partial charge < -0.3 is 14.8 Å². The Hall–Kier alpha value is -3.26. The quantitative estimate of drug-likeness (QED) is 0.372. The highest BCUT2D eigenvalue weighted by Crippen LogP contribution is 2.46. The van der Waals surface area contributed by atoms with Crippen LogP contribution in [0.25, 0.3) is 11.0 Å². The Morgan fingerprint density at radius 1 is 0.932 bits per heavy atom. The molecular weight excluding hydrogens is 553 g/mol. The lowest BCUT2D eigenvalue weighted by atomic mass is 9.70. The molecule has 0 spiro atoms. The fourth-order valence-corrected chi connectivity index (χ4v) is 8.97. The van der Waals surface area contributed by atoms with Crippen molar-refractivity contribution in [3.05, 3.63) is 65.7 Å². The lowest BCUT2D eigenvalue weighted by Gasteiger charge is -2.45. The number of nitrogens with one attached hydrogen (secondary N) is 1. The zero-order valence-electron chi connectivity index (χ0n) is 25.8. The normalized spacial score (nSPS) is 29.6. The SMILES string of the molecule is Cc1nc2ccccc2n1C1C[C@H]2CC[C@@H](C1)N2CCC1(c2cccc(F)c2)CCN(C(=O)C2CC2C(=O)NC2CC2)CC1. The minimum absolute atomic E-state index is 0.0618. The number of aromatic nitrogens is 2. The van der Waals surface area contributed by atoms with Gasteiger partial charge >= 0.3 is 0 Å². The lowest BCUT2D eigenvalue weighted by Crippen LogP contribution is -2.49. The van der Waals surface area contributed by atoms with Gasteiger partial charge in [-0.2, -0.15) is 0 Å². The van der Waals surface area contributed by atoms with Crippen molar-refractivity contribution < 1.29 is 14.0 Å². The average molecular weight is 598 g/mol. The van der Waals surface area contributed by atoms with Gasteiger partial charge in [-0.05, 0) is 113 Å². The van der Waals surface area contributed by atoms with Gasteiger partial charge in [0, 0.05) is 37.3 Å². The number of hydrogen-bond donors (Lipinski definition) is 1. The van der Waals surface area contributed by atoms with E-state index in [1.54, 1.807) is 6.07 Å². The highest BCUT2D eigenvalue weighted by Gasteiger charge is 2.51. The second-order valence-electron chi connectivity index (χ2n) is 14.4. The van der Waals surface area contributed by atoms with Crippen LogP contribution in [0.5, 0.6) is 0 Å². The molecule has 8 heteroatoms. The van der Waals surface area contributed by atoms with Gasteiger partial charge in [0.25, 0.3) is 0 Å². The number of piperidine rings is 2. The number of aryl methyl sites for hydroxylation is 1. The molecule has 2 saturated carbocycles. The summed E-state index contributed by atoms with van der Waals surface area (Å²) in [6, 6.07) is 17.6. The molecule has 2 aromatic carbocycles. The fraction of sp³-hybridized carbons (Fsp3) is 0.583. The van der Waals surface area contributed by atoms with Gasteiger partial charge in [-0.25, -0.2) is 9.37 Å². The number of nitrogens with zero attached hydrogens (tertiary/aromatic N) is 4. The van der Waals surface area contributed by atoms with Crippen molar-refractivity contribution in [2.75, 3.05) is 19.6 Å². The van der Waals surface area contributed by atoms with Gasteiger partial charge in [0.15, 0.2) is 0 Å². The molecule has 4 heterocycles. The Morgan fingerprint density at radius 3 is 2.41 bits per heavy atom. The summed E-state index contributed by atoms with van der Waals surface area (Å²) in [7, 11) is 0. The van der Waals surface area contributed by atoms with Crippen molar-refractivity contribution in [1.82, 2.24) is 24.7 Å². The minimum atomic E-state index is -0.188. The monoisotopic (exact) mass is 597 g/mol. The number of fused-ring (bicyclic) bond motifs is 3. The van der Waals surface area contributed by atoms with E-state index >= 15 is 0 Å². The predicted molar refractivity (Wildman–Crippen MR) is 168 cm³/mol. The first-order valence-corrected chi connectivity index (χ1v) is 16.9. The Bertz CT molecular complexity index is 1560. The third-order valence-electron chi connectivity index (χ3n) is 11.7. The summed E-state index contributed by atoms with van der Waals surface area (Å²) >= 11 is 0. The number of imidazole rings is 1. The van der Waals surface area contributed by atoms with Gasteiger partial charge in [-0.15, -0.1) is 0 Å². The topological polar surface area (TPSA) is 70.5 Å². The Kier molecular flexibility index (Phi) is 7.04. The fourth-order valence-electron chi connectivity index (χ4n) is 8.97. The number of rotatable bonds is 8. The van der Waals surface area contributed by atoms with Crippen molar-refractivity contribution >= 4 is 22.8 Å². The standard InChI is InChI=1S/C36H44FN5O2/c1-23-38-32-7-2-3-8-33(32)42(23)29-20-27-11-12-28(21-29)41(27)18-15-36(24-5-4-6-25(37)19-24)13-16-40(17-14-36)35(44)31-22-30(31)34(43)39-26-9-10-26/h2-8,19,26-31H,9-18,20-22H2,1H3,(H,39,43)/t27-,28+,29?,30?,31?. The first-order valence-electron chi connectivity index (χ1n) is 16.9. The molecule has 232 valence electrons. The van der Waals surface area contributed by atoms with Gasteiger partial charge in [-0.1, -0.05) is 24.3 Å². The van der Waals surface area contributed by atoms with Crippen LogP contribution in [0, 0.1) is 24.6 Å². The van der Waals surface area contributed by atoms with Crippen LogP contribution in [0.4, 0.5) is 4.39 Å². The molecule has 7 nitrogen and oxygen atoms in total. The van der Waals surface area contributed by atoms with Crippen molar-refractivity contribution in [2.24, 2.45) is 11.8 Å². The summed E-state index contributed by atoms with van der Waals surface area (Å²) in [6.45, 7) is 4.48. The van der Waals surface area contributed by atoms with Crippen molar-refractivity contribution in [3.63, 3.8) is 0 Å². The van der Waals surface area contributed by atoms with E-state index in [0.717, 1.165) is 68.4 Å². The number of halogens is 1. The molecule has 5 atom stereocenters. The maximum atomic E-state index is 14.6. The molecule has 1 N–H and O–H groups in total. The molecule has 3 unspecified atom stereocenters. The molecule has 5 fully saturated rings. The van der Waals surface area contributed by atoms with Crippen LogP contribution in [0.2, 0.25) is 0 Å². The number of hydrogen-bond acceptors (Lipinski definition) is 4. The van der Waals surface area contributed by atoms with E-state index in [2.05, 4.69) is 52.0 Å². The Morgan fingerprint density at radius 2 is 1.68 bits per heavy atom. The maximum Gasteiger partial charge on any atom is 0.226 e. The number of carbonyl (C=O) groups excluding carboxylic acids is 2. The van der Waals surface area contributed by atoms with Crippen LogP contribution < -0.4 is 5.32 Å². The Balaban J connectivity index is 0.947. The molecular formula is C36H44FN5O2. The molecule has 3 aliphatic heterocycles. The third-order valence-corrected chi connectivity index (χ3v) is 11.7. The first kappa shape index (κ1) is 28.2. The van der Waals surface area contributed by atoms with E-state index in [1.807, 2.05) is 11.0 Å². The summed E-state index contributed by atoms with van der Waals surface area (Å²) in [6.07, 6.45) is 10.2. The highest BCUT2D eigenvalue weighted by atomic mass is 19.1. The van der Waals surface area contributed by atoms with Gasteiger partial charge in [-0.3, -0.25) is 14.5 Å². The summed E-state index contributed by atoms with van der Waals surface area (Å²) in [5, 5.41) is 3.07. The van der Waals surface area contributed by atoms with E-state index in [-0.39, 0.29) is 34.9 Å². The van der Waals surface area contributed by atoms with Crippen molar-refractivity contribution in [2.45, 2.75) is 101 Å². The molecule has 44 heavy (non-hydrogen) atoms. The minimum Gasteiger partial charge on any atom is -0.353 e. The highest BCUT2D eigenvalue weighted by molar-refractivity contribution is 5.92. The Labute approximate surface area is 259 Å². The summed E-state index contributed by atoms with van der Waals surface area (Å²) in [5.74, 6) is 0.801. The number of para-hydroxylation sites is 2. The van der Waals surface area contributed by atoms with Gasteiger partial charge in [0.2, 0.25) is 11.8 Å². The largest absolute Gasteiger partial charge is 0.353 e. The average Bonchev–Trinajstić information content (AvgIpc) is 3.95. The smallest absolute Gasteiger partial charge is 0.226 e. The molecule has 8 rings (SSSR count). The molecule has 1 aromatic heterocycles. The third kappa shape index (κ3) is 5.13. The summed E-state index contributed by atoms with van der Waals surface area (Å²) in [4.78, 5) is 35.5. The van der Waals surface area contributed by atoms with Crippen molar-refractivity contribution in [3.8, 4) is 0 Å². The van der Waals surface area contributed by atoms with Crippen LogP contribution in [-0.4, -0.2) is 68.9 Å². The molecule has 2 bridgehead atoms.